The fourth-order valence-corrected chi connectivity index (χ4v) is 1.98. The van der Waals surface area contributed by atoms with E-state index in [1.165, 1.54) is 6.07 Å². The van der Waals surface area contributed by atoms with Gasteiger partial charge in [-0.3, -0.25) is 0 Å². The van der Waals surface area contributed by atoms with Crippen molar-refractivity contribution in [3.8, 4) is 0 Å². The molecule has 0 atom stereocenters. The number of benzene rings is 1. The van der Waals surface area contributed by atoms with Crippen LogP contribution in [0, 0.1) is 5.82 Å². The molecule has 0 saturated heterocycles. The zero-order valence-corrected chi connectivity index (χ0v) is 11.2. The molecule has 0 radical (unpaired) electrons. The summed E-state index contributed by atoms with van der Waals surface area (Å²) < 4.78 is 14.9. The maximum atomic E-state index is 13.2. The van der Waals surface area contributed by atoms with Crippen LogP contribution in [0.3, 0.4) is 0 Å². The molecule has 0 unspecified atom stereocenters. The number of hydrogen-bond acceptors (Lipinski definition) is 2. The predicted octanol–water partition coefficient (Wildman–Crippen LogP) is 3.06. The lowest BCUT2D eigenvalue weighted by Gasteiger charge is -2.01. The highest BCUT2D eigenvalue weighted by Crippen LogP contribution is 2.16. The molecule has 0 aliphatic rings. The second-order valence-electron chi connectivity index (χ2n) is 3.59. The molecule has 0 fully saturated rings. The fraction of sp³-hybridized carbons (Fsp3) is 0.273. The summed E-state index contributed by atoms with van der Waals surface area (Å²) in [5, 5.41) is 8.96. The molecule has 0 saturated carbocycles. The summed E-state index contributed by atoms with van der Waals surface area (Å²) in [6, 6.07) is 4.73. The molecule has 0 N–H and O–H groups in total. The fourth-order valence-electron chi connectivity index (χ4n) is 1.45. The van der Waals surface area contributed by atoms with Gasteiger partial charge in [0.1, 0.15) is 5.82 Å². The maximum absolute atomic E-state index is 13.2. The van der Waals surface area contributed by atoms with Crippen molar-refractivity contribution in [3.63, 3.8) is 0 Å². The van der Waals surface area contributed by atoms with E-state index in [1.807, 2.05) is 6.20 Å². The van der Waals surface area contributed by atoms with Gasteiger partial charge in [-0.2, -0.15) is 0 Å². The van der Waals surface area contributed by atoms with Crippen LogP contribution in [0.4, 0.5) is 4.39 Å². The van der Waals surface area contributed by atoms with Crippen LogP contribution in [-0.2, 0) is 13.0 Å². The van der Waals surface area contributed by atoms with Crippen molar-refractivity contribution < 1.29 is 4.39 Å². The Bertz CT molecular complexity index is 515. The molecule has 3 nitrogen and oxygen atoms in total. The highest BCUT2D eigenvalue weighted by atomic mass is 79.9. The molecule has 2 aromatic rings. The highest BCUT2D eigenvalue weighted by molar-refractivity contribution is 9.09. The summed E-state index contributed by atoms with van der Waals surface area (Å²) in [4.78, 5) is 0. The standard InChI is InChI=1S/C11H10BrClFN3/c12-4-3-9-7-17(16-15-9)6-8-1-2-10(13)11(14)5-8/h1-2,5,7H,3-4,6H2. The van der Waals surface area contributed by atoms with Gasteiger partial charge < -0.3 is 0 Å². The number of aromatic nitrogens is 3. The average Bonchev–Trinajstić information content (AvgIpc) is 2.72. The van der Waals surface area contributed by atoms with Crippen LogP contribution in [0.5, 0.6) is 0 Å². The monoisotopic (exact) mass is 317 g/mol. The third kappa shape index (κ3) is 3.26. The van der Waals surface area contributed by atoms with Crippen molar-refractivity contribution in [1.29, 1.82) is 0 Å². The Morgan fingerprint density at radius 3 is 2.94 bits per heavy atom. The maximum Gasteiger partial charge on any atom is 0.142 e. The lowest BCUT2D eigenvalue weighted by Crippen LogP contribution is -2.00. The van der Waals surface area contributed by atoms with Crippen molar-refractivity contribution >= 4 is 27.5 Å². The average molecular weight is 319 g/mol. The quantitative estimate of drug-likeness (QED) is 0.811. The van der Waals surface area contributed by atoms with E-state index in [0.717, 1.165) is 23.0 Å². The van der Waals surface area contributed by atoms with Crippen molar-refractivity contribution in [3.05, 3.63) is 46.5 Å². The van der Waals surface area contributed by atoms with Crippen molar-refractivity contribution in [1.82, 2.24) is 15.0 Å². The Balaban J connectivity index is 2.11. The summed E-state index contributed by atoms with van der Waals surface area (Å²) in [5.41, 5.74) is 1.72. The molecule has 90 valence electrons. The lowest BCUT2D eigenvalue weighted by atomic mass is 10.2. The van der Waals surface area contributed by atoms with Gasteiger partial charge in [-0.05, 0) is 17.7 Å². The zero-order chi connectivity index (χ0) is 12.3. The number of nitrogens with zero attached hydrogens (tertiary/aromatic N) is 3. The van der Waals surface area contributed by atoms with Gasteiger partial charge in [0.05, 0.1) is 17.3 Å². The van der Waals surface area contributed by atoms with Crippen molar-refractivity contribution in [2.24, 2.45) is 0 Å². The van der Waals surface area contributed by atoms with Gasteiger partial charge in [-0.15, -0.1) is 5.10 Å². The van der Waals surface area contributed by atoms with Crippen LogP contribution >= 0.6 is 27.5 Å². The number of rotatable bonds is 4. The first-order valence-corrected chi connectivity index (χ1v) is 6.58. The summed E-state index contributed by atoms with van der Waals surface area (Å²) >= 11 is 8.95. The topological polar surface area (TPSA) is 30.7 Å². The molecule has 0 amide bonds. The van der Waals surface area contributed by atoms with Crippen molar-refractivity contribution in [2.45, 2.75) is 13.0 Å². The van der Waals surface area contributed by atoms with E-state index < -0.39 is 5.82 Å². The summed E-state index contributed by atoms with van der Waals surface area (Å²) in [7, 11) is 0. The number of alkyl halides is 1. The second kappa shape index (κ2) is 5.60. The van der Waals surface area contributed by atoms with Crippen LogP contribution in [0.1, 0.15) is 11.3 Å². The number of halogens is 3. The van der Waals surface area contributed by atoms with Gasteiger partial charge >= 0.3 is 0 Å². The first kappa shape index (κ1) is 12.5. The van der Waals surface area contributed by atoms with Crippen LogP contribution in [0.15, 0.2) is 24.4 Å². The largest absolute Gasteiger partial charge is 0.248 e. The van der Waals surface area contributed by atoms with E-state index in [4.69, 9.17) is 11.6 Å². The molecule has 1 heterocycles. The van der Waals surface area contributed by atoms with Gasteiger partial charge in [-0.25, -0.2) is 9.07 Å². The van der Waals surface area contributed by atoms with E-state index in [2.05, 4.69) is 26.2 Å². The van der Waals surface area contributed by atoms with Crippen LogP contribution in [-0.4, -0.2) is 20.3 Å². The Kier molecular flexibility index (Phi) is 4.12. The minimum atomic E-state index is -0.412. The van der Waals surface area contributed by atoms with Crippen LogP contribution < -0.4 is 0 Å². The molecule has 1 aromatic carbocycles. The molecule has 0 aliphatic heterocycles. The minimum Gasteiger partial charge on any atom is -0.248 e. The number of aryl methyl sites for hydroxylation is 1. The van der Waals surface area contributed by atoms with Gasteiger partial charge in [0.25, 0.3) is 0 Å². The Hall–Kier alpha value is -0.940. The minimum absolute atomic E-state index is 0.132. The van der Waals surface area contributed by atoms with Crippen LogP contribution in [0.25, 0.3) is 0 Å². The second-order valence-corrected chi connectivity index (χ2v) is 4.80. The summed E-state index contributed by atoms with van der Waals surface area (Å²) in [6.07, 6.45) is 2.68. The van der Waals surface area contributed by atoms with E-state index in [-0.39, 0.29) is 5.02 Å². The molecule has 0 aliphatic carbocycles. The molecule has 0 spiro atoms. The molecule has 2 rings (SSSR count). The van der Waals surface area contributed by atoms with E-state index >= 15 is 0 Å². The van der Waals surface area contributed by atoms with Crippen LogP contribution in [0.2, 0.25) is 5.02 Å². The Labute approximate surface area is 112 Å². The third-order valence-electron chi connectivity index (χ3n) is 2.27. The van der Waals surface area contributed by atoms with E-state index in [0.29, 0.717) is 6.54 Å². The van der Waals surface area contributed by atoms with E-state index in [1.54, 1.807) is 16.8 Å². The molecular formula is C11H10BrClFN3. The Morgan fingerprint density at radius 2 is 2.24 bits per heavy atom. The van der Waals surface area contributed by atoms with Gasteiger partial charge in [0.2, 0.25) is 0 Å². The molecule has 17 heavy (non-hydrogen) atoms. The molecule has 1 aromatic heterocycles. The summed E-state index contributed by atoms with van der Waals surface area (Å²) in [5.74, 6) is -0.412. The third-order valence-corrected chi connectivity index (χ3v) is 2.97. The van der Waals surface area contributed by atoms with Gasteiger partial charge in [-0.1, -0.05) is 38.8 Å². The van der Waals surface area contributed by atoms with Gasteiger partial charge in [0.15, 0.2) is 0 Å². The number of hydrogen-bond donors (Lipinski definition) is 0. The first-order chi connectivity index (χ1) is 8.19. The predicted molar refractivity (Wildman–Crippen MR) is 68.0 cm³/mol. The molecule has 0 bridgehead atoms. The zero-order valence-electron chi connectivity index (χ0n) is 8.91. The first-order valence-electron chi connectivity index (χ1n) is 5.08. The lowest BCUT2D eigenvalue weighted by molar-refractivity contribution is 0.614. The molecular weight excluding hydrogens is 308 g/mol. The SMILES string of the molecule is Fc1cc(Cn2cc(CCBr)nn2)ccc1Cl. The Morgan fingerprint density at radius 1 is 1.41 bits per heavy atom. The molecule has 6 heteroatoms. The highest BCUT2D eigenvalue weighted by Gasteiger charge is 2.04. The van der Waals surface area contributed by atoms with E-state index in [9.17, 15) is 4.39 Å². The van der Waals surface area contributed by atoms with Crippen molar-refractivity contribution in [2.75, 3.05) is 5.33 Å². The van der Waals surface area contributed by atoms with Gasteiger partial charge in [0, 0.05) is 17.9 Å². The summed E-state index contributed by atoms with van der Waals surface area (Å²) in [6.45, 7) is 0.489. The normalized spacial score (nSPS) is 10.8. The smallest absolute Gasteiger partial charge is 0.142 e.